The first-order valence-electron chi connectivity index (χ1n) is 10.0. The van der Waals surface area contributed by atoms with Crippen LogP contribution in [0.4, 0.5) is 0 Å². The Morgan fingerprint density at radius 2 is 1.96 bits per heavy atom. The zero-order chi connectivity index (χ0) is 19.9. The smallest absolute Gasteiger partial charge is 0.192 e. The molecule has 0 aliphatic rings. The molecule has 7 heteroatoms. The summed E-state index contributed by atoms with van der Waals surface area (Å²) in [5.74, 6) is 2.93. The van der Waals surface area contributed by atoms with Gasteiger partial charge in [0.1, 0.15) is 12.4 Å². The predicted octanol–water partition coefficient (Wildman–Crippen LogP) is 3.72. The number of aryl methyl sites for hydroxylation is 1. The SMILES string of the molecule is CCNC(=NCc1nc2ccccc2n1C)NCc1cc(C(CC)CC)no1. The van der Waals surface area contributed by atoms with Gasteiger partial charge in [-0.1, -0.05) is 31.1 Å². The second kappa shape index (κ2) is 9.39. The topological polar surface area (TPSA) is 80.3 Å². The molecule has 0 bridgehead atoms. The van der Waals surface area contributed by atoms with Crippen LogP contribution in [-0.2, 0) is 20.1 Å². The van der Waals surface area contributed by atoms with E-state index >= 15 is 0 Å². The fraction of sp³-hybridized carbons (Fsp3) is 0.476. The summed E-state index contributed by atoms with van der Waals surface area (Å²) in [6.07, 6.45) is 2.13. The highest BCUT2D eigenvalue weighted by Gasteiger charge is 2.13. The zero-order valence-electron chi connectivity index (χ0n) is 17.2. The molecule has 28 heavy (non-hydrogen) atoms. The van der Waals surface area contributed by atoms with Crippen LogP contribution in [0, 0.1) is 0 Å². The van der Waals surface area contributed by atoms with Crippen LogP contribution in [0.2, 0.25) is 0 Å². The van der Waals surface area contributed by atoms with Gasteiger partial charge in [0.15, 0.2) is 11.7 Å². The summed E-state index contributed by atoms with van der Waals surface area (Å²) in [5, 5.41) is 10.8. The van der Waals surface area contributed by atoms with E-state index in [-0.39, 0.29) is 0 Å². The van der Waals surface area contributed by atoms with Crippen molar-refractivity contribution in [3.63, 3.8) is 0 Å². The van der Waals surface area contributed by atoms with Crippen LogP contribution in [0.5, 0.6) is 0 Å². The van der Waals surface area contributed by atoms with E-state index < -0.39 is 0 Å². The van der Waals surface area contributed by atoms with Gasteiger partial charge in [0.05, 0.1) is 23.3 Å². The van der Waals surface area contributed by atoms with E-state index in [0.29, 0.717) is 19.0 Å². The van der Waals surface area contributed by atoms with Gasteiger partial charge >= 0.3 is 0 Å². The second-order valence-electron chi connectivity index (χ2n) is 6.86. The van der Waals surface area contributed by atoms with E-state index in [9.17, 15) is 0 Å². The number of hydrogen-bond acceptors (Lipinski definition) is 4. The molecule has 0 atom stereocenters. The Morgan fingerprint density at radius 1 is 1.18 bits per heavy atom. The summed E-state index contributed by atoms with van der Waals surface area (Å²) in [6.45, 7) is 8.22. The standard InChI is InChI=1S/C21H30N6O/c1-5-15(6-2)18-12-16(28-26-18)13-23-21(22-7-3)24-14-20-25-17-10-8-9-11-19(17)27(20)4/h8-12,15H,5-7,13-14H2,1-4H3,(H2,22,23,24). The molecule has 1 aromatic carbocycles. The highest BCUT2D eigenvalue weighted by molar-refractivity contribution is 5.80. The average molecular weight is 383 g/mol. The second-order valence-corrected chi connectivity index (χ2v) is 6.86. The molecule has 0 saturated carbocycles. The summed E-state index contributed by atoms with van der Waals surface area (Å²) >= 11 is 0. The minimum absolute atomic E-state index is 0.456. The van der Waals surface area contributed by atoms with Crippen LogP contribution in [0.1, 0.15) is 56.8 Å². The Hall–Kier alpha value is -2.83. The van der Waals surface area contributed by atoms with Crippen LogP contribution in [0.15, 0.2) is 39.8 Å². The van der Waals surface area contributed by atoms with Crippen molar-refractivity contribution in [2.75, 3.05) is 6.54 Å². The van der Waals surface area contributed by atoms with Gasteiger partial charge in [-0.3, -0.25) is 0 Å². The lowest BCUT2D eigenvalue weighted by Gasteiger charge is -2.10. The fourth-order valence-electron chi connectivity index (χ4n) is 3.31. The monoisotopic (exact) mass is 382 g/mol. The molecule has 0 unspecified atom stereocenters. The van der Waals surface area contributed by atoms with Gasteiger partial charge in [0.2, 0.25) is 0 Å². The molecule has 7 nitrogen and oxygen atoms in total. The Morgan fingerprint density at radius 3 is 2.68 bits per heavy atom. The minimum Gasteiger partial charge on any atom is -0.359 e. The third-order valence-electron chi connectivity index (χ3n) is 5.01. The molecule has 0 radical (unpaired) electrons. The Balaban J connectivity index is 1.66. The molecule has 0 fully saturated rings. The lowest BCUT2D eigenvalue weighted by molar-refractivity contribution is 0.368. The Labute approximate surface area is 166 Å². The molecule has 0 spiro atoms. The average Bonchev–Trinajstić information content (AvgIpc) is 3.30. The maximum atomic E-state index is 5.49. The summed E-state index contributed by atoms with van der Waals surface area (Å²) in [5.41, 5.74) is 3.13. The van der Waals surface area contributed by atoms with Gasteiger partial charge < -0.3 is 19.7 Å². The van der Waals surface area contributed by atoms with E-state index in [4.69, 9.17) is 4.52 Å². The largest absolute Gasteiger partial charge is 0.359 e. The molecule has 3 rings (SSSR count). The van der Waals surface area contributed by atoms with Crippen molar-refractivity contribution >= 4 is 17.0 Å². The number of aliphatic imine (C=N–C) groups is 1. The van der Waals surface area contributed by atoms with Crippen LogP contribution >= 0.6 is 0 Å². The summed E-state index contributed by atoms with van der Waals surface area (Å²) < 4.78 is 7.57. The fourth-order valence-corrected chi connectivity index (χ4v) is 3.31. The lowest BCUT2D eigenvalue weighted by atomic mass is 9.99. The first kappa shape index (κ1) is 19.9. The van der Waals surface area contributed by atoms with Crippen molar-refractivity contribution in [3.05, 3.63) is 47.6 Å². The first-order chi connectivity index (χ1) is 13.7. The molecule has 3 aromatic rings. The minimum atomic E-state index is 0.456. The number of para-hydroxylation sites is 2. The van der Waals surface area contributed by atoms with Gasteiger partial charge in [-0.15, -0.1) is 0 Å². The third kappa shape index (κ3) is 4.52. The van der Waals surface area contributed by atoms with E-state index in [1.807, 2.05) is 38.2 Å². The molecule has 0 aliphatic carbocycles. The van der Waals surface area contributed by atoms with Gasteiger partial charge in [-0.2, -0.15) is 0 Å². The van der Waals surface area contributed by atoms with Crippen molar-refractivity contribution in [3.8, 4) is 0 Å². The maximum Gasteiger partial charge on any atom is 0.192 e. The molecule has 0 amide bonds. The lowest BCUT2D eigenvalue weighted by Crippen LogP contribution is -2.36. The number of imidazole rings is 1. The van der Waals surface area contributed by atoms with Crippen LogP contribution < -0.4 is 10.6 Å². The molecule has 0 aliphatic heterocycles. The van der Waals surface area contributed by atoms with Crippen molar-refractivity contribution in [1.29, 1.82) is 0 Å². The predicted molar refractivity (Wildman–Crippen MR) is 112 cm³/mol. The number of guanidine groups is 1. The van der Waals surface area contributed by atoms with Crippen molar-refractivity contribution in [2.45, 2.75) is 52.6 Å². The van der Waals surface area contributed by atoms with Crippen LogP contribution in [-0.4, -0.2) is 27.2 Å². The number of nitrogens with zero attached hydrogens (tertiary/aromatic N) is 4. The number of nitrogens with one attached hydrogen (secondary N) is 2. The summed E-state index contributed by atoms with van der Waals surface area (Å²) in [7, 11) is 2.02. The van der Waals surface area contributed by atoms with Gasteiger partial charge in [-0.05, 0) is 31.9 Å². The molecule has 150 valence electrons. The van der Waals surface area contributed by atoms with Crippen molar-refractivity contribution < 1.29 is 4.52 Å². The van der Waals surface area contributed by atoms with E-state index in [1.165, 1.54) is 0 Å². The maximum absolute atomic E-state index is 5.49. The van der Waals surface area contributed by atoms with Gasteiger partial charge in [0, 0.05) is 25.6 Å². The molecule has 2 N–H and O–H groups in total. The number of benzene rings is 1. The van der Waals surface area contributed by atoms with Gasteiger partial charge in [0.25, 0.3) is 0 Å². The molecule has 2 heterocycles. The summed E-state index contributed by atoms with van der Waals surface area (Å²) in [6, 6.07) is 10.2. The highest BCUT2D eigenvalue weighted by Crippen LogP contribution is 2.22. The molecule has 2 aromatic heterocycles. The van der Waals surface area contributed by atoms with Crippen LogP contribution in [0.3, 0.4) is 0 Å². The van der Waals surface area contributed by atoms with Gasteiger partial charge in [-0.25, -0.2) is 9.98 Å². The number of rotatable bonds is 8. The normalized spacial score (nSPS) is 12.1. The van der Waals surface area contributed by atoms with Crippen molar-refractivity contribution in [1.82, 2.24) is 25.3 Å². The van der Waals surface area contributed by atoms with Crippen LogP contribution in [0.25, 0.3) is 11.0 Å². The van der Waals surface area contributed by atoms with E-state index in [1.54, 1.807) is 0 Å². The molecular formula is C21H30N6O. The number of fused-ring (bicyclic) bond motifs is 1. The Bertz CT molecular complexity index is 922. The third-order valence-corrected chi connectivity index (χ3v) is 5.01. The number of hydrogen-bond donors (Lipinski definition) is 2. The van der Waals surface area contributed by atoms with E-state index in [0.717, 1.165) is 53.7 Å². The Kier molecular flexibility index (Phi) is 6.68. The quantitative estimate of drug-likeness (QED) is 0.458. The first-order valence-corrected chi connectivity index (χ1v) is 10.0. The molecular weight excluding hydrogens is 352 g/mol. The number of aromatic nitrogens is 3. The summed E-state index contributed by atoms with van der Waals surface area (Å²) in [4.78, 5) is 9.35. The van der Waals surface area contributed by atoms with E-state index in [2.05, 4.69) is 50.2 Å². The highest BCUT2D eigenvalue weighted by atomic mass is 16.5. The zero-order valence-corrected chi connectivity index (χ0v) is 17.2. The molecule has 0 saturated heterocycles. The van der Waals surface area contributed by atoms with Crippen molar-refractivity contribution in [2.24, 2.45) is 12.0 Å².